The van der Waals surface area contributed by atoms with Crippen LogP contribution in [0.25, 0.3) is 10.9 Å². The summed E-state index contributed by atoms with van der Waals surface area (Å²) in [6.45, 7) is 1.76. The molecule has 1 amide bonds. The average Bonchev–Trinajstić information content (AvgIpc) is 3.05. The zero-order chi connectivity index (χ0) is 22.8. The molecule has 0 aliphatic carbocycles. The number of rotatable bonds is 7. The van der Waals surface area contributed by atoms with Crippen molar-refractivity contribution in [3.05, 3.63) is 59.3 Å². The lowest BCUT2D eigenvalue weighted by molar-refractivity contribution is 0.0698. The van der Waals surface area contributed by atoms with Gasteiger partial charge in [-0.2, -0.15) is 5.26 Å². The van der Waals surface area contributed by atoms with E-state index in [9.17, 15) is 23.1 Å². The summed E-state index contributed by atoms with van der Waals surface area (Å²) in [4.78, 5) is 24.4. The third kappa shape index (κ3) is 4.51. The quantitative estimate of drug-likeness (QED) is 0.515. The fourth-order valence-corrected chi connectivity index (χ4v) is 4.43. The van der Waals surface area contributed by atoms with E-state index in [4.69, 9.17) is 5.26 Å². The summed E-state index contributed by atoms with van der Waals surface area (Å²) in [7, 11) is -1.91. The van der Waals surface area contributed by atoms with Gasteiger partial charge in [0.15, 0.2) is 0 Å². The highest BCUT2D eigenvalue weighted by Crippen LogP contribution is 2.28. The van der Waals surface area contributed by atoms with Gasteiger partial charge in [-0.05, 0) is 36.8 Å². The molecule has 2 aromatic carbocycles. The van der Waals surface area contributed by atoms with Crippen LogP contribution in [-0.2, 0) is 17.1 Å². The minimum atomic E-state index is -3.53. The van der Waals surface area contributed by atoms with Crippen molar-refractivity contribution < 1.29 is 23.1 Å². The predicted molar refractivity (Wildman–Crippen MR) is 117 cm³/mol. The van der Waals surface area contributed by atoms with Gasteiger partial charge in [-0.15, -0.1) is 0 Å². The molecule has 0 atom stereocenters. The summed E-state index contributed by atoms with van der Waals surface area (Å²) in [5, 5.41) is 21.6. The summed E-state index contributed by atoms with van der Waals surface area (Å²) in [5.41, 5.74) is 1.06. The molecule has 0 spiro atoms. The molecule has 0 bridgehead atoms. The Labute approximate surface area is 179 Å². The molecule has 0 fully saturated rings. The van der Waals surface area contributed by atoms with Gasteiger partial charge in [-0.1, -0.05) is 19.1 Å². The molecule has 10 heteroatoms. The number of benzene rings is 2. The van der Waals surface area contributed by atoms with Crippen molar-refractivity contribution in [3.63, 3.8) is 0 Å². The minimum Gasteiger partial charge on any atom is -0.478 e. The van der Waals surface area contributed by atoms with E-state index in [1.807, 2.05) is 6.07 Å². The van der Waals surface area contributed by atoms with E-state index < -0.39 is 21.9 Å². The van der Waals surface area contributed by atoms with Gasteiger partial charge >= 0.3 is 5.97 Å². The molecule has 1 heterocycles. The van der Waals surface area contributed by atoms with E-state index in [0.29, 0.717) is 23.0 Å². The number of hydrogen-bond donors (Lipinski definition) is 3. The number of fused-ring (bicyclic) bond motifs is 1. The molecule has 160 valence electrons. The van der Waals surface area contributed by atoms with Crippen molar-refractivity contribution in [2.45, 2.75) is 13.3 Å². The lowest BCUT2D eigenvalue weighted by Gasteiger charge is -2.12. The van der Waals surface area contributed by atoms with Crippen LogP contribution in [0.5, 0.6) is 0 Å². The summed E-state index contributed by atoms with van der Waals surface area (Å²) in [6.07, 6.45) is 0.461. The van der Waals surface area contributed by atoms with Crippen molar-refractivity contribution in [2.75, 3.05) is 15.8 Å². The smallest absolute Gasteiger partial charge is 0.337 e. The van der Waals surface area contributed by atoms with Gasteiger partial charge in [0.1, 0.15) is 5.69 Å². The number of aromatic carboxylic acids is 1. The van der Waals surface area contributed by atoms with Gasteiger partial charge in [-0.25, -0.2) is 13.2 Å². The zero-order valence-corrected chi connectivity index (χ0v) is 17.7. The molecule has 0 saturated heterocycles. The molecule has 0 aliphatic rings. The molecular weight excluding hydrogens is 420 g/mol. The highest BCUT2D eigenvalue weighted by Gasteiger charge is 2.20. The average molecular weight is 440 g/mol. The number of carbonyl (C=O) groups excluding carboxylic acids is 1. The number of amides is 1. The van der Waals surface area contributed by atoms with Gasteiger partial charge in [0.05, 0.1) is 39.8 Å². The lowest BCUT2D eigenvalue weighted by atomic mass is 10.1. The van der Waals surface area contributed by atoms with Crippen molar-refractivity contribution in [3.8, 4) is 6.07 Å². The number of hydrogen-bond acceptors (Lipinski definition) is 5. The second-order valence-electron chi connectivity index (χ2n) is 6.88. The maximum Gasteiger partial charge on any atom is 0.337 e. The first kappa shape index (κ1) is 21.9. The molecule has 1 aromatic heterocycles. The monoisotopic (exact) mass is 440 g/mol. The number of carboxylic acid groups (broad SMARTS) is 1. The highest BCUT2D eigenvalue weighted by molar-refractivity contribution is 7.92. The first-order valence-corrected chi connectivity index (χ1v) is 11.0. The number of anilines is 2. The molecule has 3 rings (SSSR count). The van der Waals surface area contributed by atoms with Crippen molar-refractivity contribution in [1.29, 1.82) is 5.26 Å². The third-order valence-corrected chi connectivity index (χ3v) is 6.13. The van der Waals surface area contributed by atoms with Crippen LogP contribution < -0.4 is 10.0 Å². The Kier molecular flexibility index (Phi) is 5.99. The highest BCUT2D eigenvalue weighted by atomic mass is 32.2. The Morgan fingerprint density at radius 1 is 1.16 bits per heavy atom. The molecule has 0 saturated carbocycles. The number of aryl methyl sites for hydroxylation is 1. The Hall–Kier alpha value is -3.84. The van der Waals surface area contributed by atoms with E-state index in [2.05, 4.69) is 10.0 Å². The van der Waals surface area contributed by atoms with Crippen LogP contribution in [-0.4, -0.2) is 35.7 Å². The summed E-state index contributed by atoms with van der Waals surface area (Å²) in [6, 6.07) is 12.4. The second-order valence-corrected chi connectivity index (χ2v) is 8.73. The molecule has 0 aliphatic heterocycles. The molecule has 0 unspecified atom stereocenters. The van der Waals surface area contributed by atoms with Gasteiger partial charge in [0, 0.05) is 12.4 Å². The van der Waals surface area contributed by atoms with Crippen LogP contribution in [0, 0.1) is 11.3 Å². The van der Waals surface area contributed by atoms with Crippen LogP contribution in [0.15, 0.2) is 42.5 Å². The van der Waals surface area contributed by atoms with Crippen LogP contribution in [0.1, 0.15) is 39.8 Å². The lowest BCUT2D eigenvalue weighted by Crippen LogP contribution is -2.19. The number of carbonyl (C=O) groups is 2. The first-order valence-electron chi connectivity index (χ1n) is 9.34. The number of nitriles is 1. The Balaban J connectivity index is 2.00. The zero-order valence-electron chi connectivity index (χ0n) is 16.8. The third-order valence-electron chi connectivity index (χ3n) is 4.65. The van der Waals surface area contributed by atoms with E-state index in [1.54, 1.807) is 42.8 Å². The molecule has 31 heavy (non-hydrogen) atoms. The minimum absolute atomic E-state index is 0.0299. The summed E-state index contributed by atoms with van der Waals surface area (Å²) >= 11 is 0. The normalized spacial score (nSPS) is 11.1. The Morgan fingerprint density at radius 2 is 1.90 bits per heavy atom. The molecule has 3 N–H and O–H groups in total. The fraction of sp³-hybridized carbons (Fsp3) is 0.190. The van der Waals surface area contributed by atoms with Crippen LogP contribution in [0.2, 0.25) is 0 Å². The standard InChI is InChI=1S/C21H20N4O5S/c1-3-9-31(29,30)24-17-6-4-5-14-11-18(25(2)19(14)17)20(26)23-16-8-7-13(12-22)10-15(16)21(27)28/h4-8,10-11,24H,3,9H2,1-2H3,(H,23,26)(H,27,28). The van der Waals surface area contributed by atoms with Gasteiger partial charge in [-0.3, -0.25) is 9.52 Å². The van der Waals surface area contributed by atoms with E-state index in [1.165, 1.54) is 18.2 Å². The van der Waals surface area contributed by atoms with Gasteiger partial charge in [0.25, 0.3) is 5.91 Å². The van der Waals surface area contributed by atoms with Crippen LogP contribution in [0.4, 0.5) is 11.4 Å². The molecular formula is C21H20N4O5S. The SMILES string of the molecule is CCCS(=O)(=O)Nc1cccc2cc(C(=O)Nc3ccc(C#N)cc3C(=O)O)n(C)c12. The number of nitrogens with zero attached hydrogens (tertiary/aromatic N) is 2. The van der Waals surface area contributed by atoms with Crippen molar-refractivity contribution >= 4 is 44.2 Å². The van der Waals surface area contributed by atoms with Gasteiger partial charge < -0.3 is 15.0 Å². The van der Waals surface area contributed by atoms with E-state index >= 15 is 0 Å². The van der Waals surface area contributed by atoms with E-state index in [0.717, 1.165) is 0 Å². The largest absolute Gasteiger partial charge is 0.478 e. The number of aromatic nitrogens is 1. The van der Waals surface area contributed by atoms with Crippen molar-refractivity contribution in [2.24, 2.45) is 7.05 Å². The van der Waals surface area contributed by atoms with Gasteiger partial charge in [0.2, 0.25) is 10.0 Å². The molecule has 9 nitrogen and oxygen atoms in total. The topological polar surface area (TPSA) is 141 Å². The molecule has 3 aromatic rings. The maximum atomic E-state index is 12.9. The predicted octanol–water partition coefficient (Wildman–Crippen LogP) is 3.15. The molecule has 0 radical (unpaired) electrons. The number of para-hydroxylation sites is 1. The first-order chi connectivity index (χ1) is 14.7. The number of carboxylic acids is 1. The second kappa shape index (κ2) is 8.49. The fourth-order valence-electron chi connectivity index (χ4n) is 3.29. The summed E-state index contributed by atoms with van der Waals surface area (Å²) in [5.74, 6) is -1.89. The van der Waals surface area contributed by atoms with E-state index in [-0.39, 0.29) is 28.3 Å². The number of nitrogens with one attached hydrogen (secondary N) is 2. The van der Waals surface area contributed by atoms with Crippen molar-refractivity contribution in [1.82, 2.24) is 4.57 Å². The number of sulfonamides is 1. The van der Waals surface area contributed by atoms with Crippen LogP contribution >= 0.6 is 0 Å². The van der Waals surface area contributed by atoms with Crippen LogP contribution in [0.3, 0.4) is 0 Å². The summed E-state index contributed by atoms with van der Waals surface area (Å²) < 4.78 is 28.5. The Bertz CT molecular complexity index is 1340. The Morgan fingerprint density at radius 3 is 2.55 bits per heavy atom. The maximum absolute atomic E-state index is 12.9.